The molecule has 0 unspecified atom stereocenters. The number of rotatable bonds is 3. The molecule has 0 saturated heterocycles. The highest BCUT2D eigenvalue weighted by atomic mass is 16.1. The molecule has 0 radical (unpaired) electrons. The molecular formula is C23H21N3O. The average molecular weight is 355 g/mol. The highest BCUT2D eigenvalue weighted by Gasteiger charge is 2.34. The van der Waals surface area contributed by atoms with E-state index < -0.39 is 5.41 Å². The molecule has 3 aromatic rings. The van der Waals surface area contributed by atoms with Gasteiger partial charge in [0.05, 0.1) is 28.9 Å². The number of benzene rings is 1. The molecule has 4 nitrogen and oxygen atoms in total. The zero-order chi connectivity index (χ0) is 19.3. The molecule has 1 aliphatic rings. The number of pyridine rings is 2. The first-order valence-electron chi connectivity index (χ1n) is 9.10. The van der Waals surface area contributed by atoms with Crippen molar-refractivity contribution in [2.75, 3.05) is 0 Å². The summed E-state index contributed by atoms with van der Waals surface area (Å²) >= 11 is 0. The smallest absolute Gasteiger partial charge is 0.215 e. The van der Waals surface area contributed by atoms with Crippen molar-refractivity contribution in [3.05, 3.63) is 58.6 Å². The van der Waals surface area contributed by atoms with Crippen LogP contribution in [-0.4, -0.2) is 15.3 Å². The van der Waals surface area contributed by atoms with Crippen LogP contribution in [0, 0.1) is 17.8 Å². The molecule has 3 heterocycles. The lowest BCUT2D eigenvalue weighted by molar-refractivity contribution is -0.117. The first-order valence-corrected chi connectivity index (χ1v) is 9.10. The van der Waals surface area contributed by atoms with Gasteiger partial charge in [-0.15, -0.1) is 6.42 Å². The molecule has 0 saturated carbocycles. The van der Waals surface area contributed by atoms with E-state index in [1.165, 1.54) is 0 Å². The van der Waals surface area contributed by atoms with Crippen LogP contribution >= 0.6 is 0 Å². The van der Waals surface area contributed by atoms with Crippen LogP contribution in [0.4, 0.5) is 0 Å². The molecule has 0 fully saturated rings. The number of hydrogen-bond acceptors (Lipinski definition) is 3. The molecular weight excluding hydrogens is 334 g/mol. The lowest BCUT2D eigenvalue weighted by Crippen LogP contribution is -2.34. The van der Waals surface area contributed by atoms with E-state index in [-0.39, 0.29) is 5.78 Å². The predicted molar refractivity (Wildman–Crippen MR) is 106 cm³/mol. The fourth-order valence-electron chi connectivity index (χ4n) is 3.96. The van der Waals surface area contributed by atoms with E-state index in [1.54, 1.807) is 0 Å². The third-order valence-corrected chi connectivity index (χ3v) is 5.55. The van der Waals surface area contributed by atoms with Gasteiger partial charge in [-0.3, -0.25) is 10.2 Å². The molecule has 0 bridgehead atoms. The maximum atomic E-state index is 12.4. The molecule has 1 aliphatic heterocycles. The summed E-state index contributed by atoms with van der Waals surface area (Å²) in [6, 6.07) is 12.2. The Hall–Kier alpha value is -3.19. The van der Waals surface area contributed by atoms with E-state index >= 15 is 0 Å². The number of Topliss-reactive ketones (excluding diaryl/α,β-unsaturated/α-hetero) is 1. The second-order valence-corrected chi connectivity index (χ2v) is 7.50. The van der Waals surface area contributed by atoms with Gasteiger partial charge in [-0.2, -0.15) is 0 Å². The summed E-state index contributed by atoms with van der Waals surface area (Å²) in [7, 11) is 0. The molecule has 27 heavy (non-hydrogen) atoms. The number of nitrogens with zero attached hydrogens (tertiary/aromatic N) is 2. The van der Waals surface area contributed by atoms with Crippen LogP contribution in [0.2, 0.25) is 0 Å². The number of fused-ring (bicyclic) bond motifs is 4. The maximum absolute atomic E-state index is 12.4. The fourth-order valence-corrected chi connectivity index (χ4v) is 3.96. The third-order valence-electron chi connectivity index (χ3n) is 5.55. The van der Waals surface area contributed by atoms with E-state index in [0.29, 0.717) is 18.5 Å². The van der Waals surface area contributed by atoms with E-state index in [9.17, 15) is 4.79 Å². The summed E-state index contributed by atoms with van der Waals surface area (Å²) in [6.07, 6.45) is 6.08. The van der Waals surface area contributed by atoms with Crippen LogP contribution in [0.3, 0.4) is 0 Å². The second kappa shape index (κ2) is 5.92. The van der Waals surface area contributed by atoms with Crippen molar-refractivity contribution in [2.24, 2.45) is 0 Å². The lowest BCUT2D eigenvalue weighted by Gasteiger charge is -2.25. The molecule has 0 atom stereocenters. The zero-order valence-corrected chi connectivity index (χ0v) is 15.8. The van der Waals surface area contributed by atoms with Gasteiger partial charge >= 0.3 is 0 Å². The zero-order valence-electron chi connectivity index (χ0n) is 15.8. The Bertz CT molecular complexity index is 1210. The Morgan fingerprint density at radius 2 is 2.07 bits per heavy atom. The maximum Gasteiger partial charge on any atom is 0.215 e. The molecule has 0 amide bonds. The predicted octanol–water partition coefficient (Wildman–Crippen LogP) is 3.59. The number of nitrogens with one attached hydrogen (secondary N) is 1. The van der Waals surface area contributed by atoms with Gasteiger partial charge in [-0.25, -0.2) is 4.98 Å². The van der Waals surface area contributed by atoms with Crippen LogP contribution in [0.15, 0.2) is 36.4 Å². The Kier molecular flexibility index (Phi) is 3.78. The SMILES string of the molecule is C#CC(=O)C(C)(C)c1cc2n(c(=N)c1CC)Cc1cc3ccccc3nc1-2. The minimum absolute atomic E-state index is 0.272. The van der Waals surface area contributed by atoms with Crippen molar-refractivity contribution in [3.63, 3.8) is 0 Å². The van der Waals surface area contributed by atoms with Crippen molar-refractivity contribution in [1.82, 2.24) is 9.55 Å². The monoisotopic (exact) mass is 355 g/mol. The standard InChI is InChI=1S/C23H21N3O/c1-5-16-17(23(3,4)20(27)6-2)12-19-21-15(13-26(19)22(16)24)11-14-9-7-8-10-18(14)25-21/h2,7-12,24H,5,13H2,1,3-4H3. The number of hydrogen-bond donors (Lipinski definition) is 1. The summed E-state index contributed by atoms with van der Waals surface area (Å²) in [6.45, 7) is 6.31. The second-order valence-electron chi connectivity index (χ2n) is 7.50. The van der Waals surface area contributed by atoms with Crippen LogP contribution in [0.5, 0.6) is 0 Å². The Balaban J connectivity index is 2.02. The fraction of sp³-hybridized carbons (Fsp3) is 0.261. The van der Waals surface area contributed by atoms with E-state index in [1.807, 2.05) is 49.6 Å². The van der Waals surface area contributed by atoms with Gasteiger partial charge in [-0.1, -0.05) is 25.1 Å². The van der Waals surface area contributed by atoms with Crippen molar-refractivity contribution < 1.29 is 4.79 Å². The summed E-state index contributed by atoms with van der Waals surface area (Å²) in [5.41, 5.74) is 5.08. The van der Waals surface area contributed by atoms with Crippen LogP contribution < -0.4 is 5.49 Å². The quantitative estimate of drug-likeness (QED) is 0.451. The lowest BCUT2D eigenvalue weighted by atomic mass is 9.78. The van der Waals surface area contributed by atoms with E-state index in [0.717, 1.165) is 39.0 Å². The molecule has 2 aromatic heterocycles. The van der Waals surface area contributed by atoms with Crippen molar-refractivity contribution in [1.29, 1.82) is 5.41 Å². The van der Waals surface area contributed by atoms with Gasteiger partial charge in [0.1, 0.15) is 5.49 Å². The molecule has 1 aromatic carbocycles. The Morgan fingerprint density at radius 3 is 2.78 bits per heavy atom. The van der Waals surface area contributed by atoms with Crippen molar-refractivity contribution >= 4 is 16.7 Å². The van der Waals surface area contributed by atoms with Crippen molar-refractivity contribution in [2.45, 2.75) is 39.2 Å². The van der Waals surface area contributed by atoms with E-state index in [4.69, 9.17) is 16.8 Å². The molecule has 1 N–H and O–H groups in total. The highest BCUT2D eigenvalue weighted by molar-refractivity contribution is 6.03. The largest absolute Gasteiger partial charge is 0.320 e. The van der Waals surface area contributed by atoms with Gasteiger partial charge in [0.15, 0.2) is 0 Å². The van der Waals surface area contributed by atoms with Gasteiger partial charge in [0.2, 0.25) is 5.78 Å². The van der Waals surface area contributed by atoms with Gasteiger partial charge in [-0.05, 0) is 55.5 Å². The first kappa shape index (κ1) is 17.2. The molecule has 0 spiro atoms. The number of carbonyl (C=O) groups excluding carboxylic acids is 1. The first-order chi connectivity index (χ1) is 12.9. The molecule has 134 valence electrons. The normalized spacial score (nSPS) is 12.5. The summed E-state index contributed by atoms with van der Waals surface area (Å²) in [5, 5.41) is 9.87. The summed E-state index contributed by atoms with van der Waals surface area (Å²) < 4.78 is 1.98. The minimum atomic E-state index is -0.842. The molecule has 4 rings (SSSR count). The number of ketones is 1. The number of para-hydroxylation sites is 1. The van der Waals surface area contributed by atoms with Gasteiger partial charge in [0.25, 0.3) is 0 Å². The minimum Gasteiger partial charge on any atom is -0.320 e. The third kappa shape index (κ3) is 2.43. The van der Waals surface area contributed by atoms with Crippen LogP contribution in [-0.2, 0) is 23.2 Å². The number of aromatic nitrogens is 2. The van der Waals surface area contributed by atoms with Gasteiger partial charge < -0.3 is 4.57 Å². The topological polar surface area (TPSA) is 58.7 Å². The van der Waals surface area contributed by atoms with E-state index in [2.05, 4.69) is 18.1 Å². The number of terminal acetylenes is 1. The Labute approximate surface area is 158 Å². The molecule has 0 aliphatic carbocycles. The molecule has 4 heteroatoms. The van der Waals surface area contributed by atoms with Crippen molar-refractivity contribution in [3.8, 4) is 23.7 Å². The average Bonchev–Trinajstić information content (AvgIpc) is 3.03. The van der Waals surface area contributed by atoms with Gasteiger partial charge in [0, 0.05) is 10.9 Å². The van der Waals surface area contributed by atoms with Crippen LogP contribution in [0.1, 0.15) is 37.5 Å². The summed E-state index contributed by atoms with van der Waals surface area (Å²) in [5.74, 6) is 1.99. The van der Waals surface area contributed by atoms with Crippen LogP contribution in [0.25, 0.3) is 22.3 Å². The number of carbonyl (C=O) groups is 1. The highest BCUT2D eigenvalue weighted by Crippen LogP contribution is 2.35. The Morgan fingerprint density at radius 1 is 1.33 bits per heavy atom. The summed E-state index contributed by atoms with van der Waals surface area (Å²) in [4.78, 5) is 17.3.